The molecule has 4 nitrogen and oxygen atoms in total. The number of alkyl halides is 3. The Balaban J connectivity index is 2.19. The van der Waals surface area contributed by atoms with Crippen molar-refractivity contribution in [2.75, 3.05) is 0 Å². The van der Waals surface area contributed by atoms with Gasteiger partial charge in [0, 0.05) is 0 Å². The first kappa shape index (κ1) is 17.2. The average Bonchev–Trinajstić information content (AvgIpc) is 2.87. The number of nitrogens with zero attached hydrogens (tertiary/aromatic N) is 2. The largest absolute Gasteiger partial charge is 0.442 e. The molecule has 3 aromatic rings. The second-order valence-electron chi connectivity index (χ2n) is 4.82. The van der Waals surface area contributed by atoms with Crippen LogP contribution in [0.25, 0.3) is 17.1 Å². The van der Waals surface area contributed by atoms with Gasteiger partial charge in [-0.2, -0.15) is 17.9 Å². The minimum absolute atomic E-state index is 0.402. The minimum Gasteiger partial charge on any atom is -0.387 e. The lowest BCUT2D eigenvalue weighted by atomic mass is 10.2. The van der Waals surface area contributed by atoms with Gasteiger partial charge in [-0.05, 0) is 24.3 Å². The zero-order chi connectivity index (χ0) is 18.4. The summed E-state index contributed by atoms with van der Waals surface area (Å²) in [5, 5.41) is 2.76. The van der Waals surface area contributed by atoms with E-state index >= 15 is 0 Å². The van der Waals surface area contributed by atoms with Crippen LogP contribution in [0.4, 0.5) is 22.0 Å². The van der Waals surface area contributed by atoms with Crippen LogP contribution in [0.1, 0.15) is 5.56 Å². The van der Waals surface area contributed by atoms with Gasteiger partial charge in [0.15, 0.2) is 0 Å². The highest BCUT2D eigenvalue weighted by Crippen LogP contribution is 2.37. The Morgan fingerprint density at radius 3 is 2.24 bits per heavy atom. The number of halogens is 6. The summed E-state index contributed by atoms with van der Waals surface area (Å²) < 4.78 is 71.3. The van der Waals surface area contributed by atoms with Crippen LogP contribution in [-0.2, 0) is 6.18 Å². The molecule has 0 aliphatic heterocycles. The summed E-state index contributed by atoms with van der Waals surface area (Å²) in [5.41, 5.74) is -2.35. The van der Waals surface area contributed by atoms with Crippen molar-refractivity contribution in [1.82, 2.24) is 9.78 Å². The molecule has 0 saturated carbocycles. The van der Waals surface area contributed by atoms with Crippen molar-refractivity contribution in [3.63, 3.8) is 0 Å². The monoisotopic (exact) mass is 376 g/mol. The molecule has 0 fully saturated rings. The fourth-order valence-electron chi connectivity index (χ4n) is 2.14. The molecule has 10 heteroatoms. The Morgan fingerprint density at radius 1 is 1.04 bits per heavy atom. The Hall–Kier alpha value is -2.68. The Bertz CT molecular complexity index is 990. The summed E-state index contributed by atoms with van der Waals surface area (Å²) >= 11 is 5.71. The predicted molar refractivity (Wildman–Crippen MR) is 77.5 cm³/mol. The Morgan fingerprint density at radius 2 is 1.64 bits per heavy atom. The van der Waals surface area contributed by atoms with E-state index in [2.05, 4.69) is 9.52 Å². The van der Waals surface area contributed by atoms with Gasteiger partial charge in [-0.15, -0.1) is 5.10 Å². The van der Waals surface area contributed by atoms with Gasteiger partial charge >= 0.3 is 11.9 Å². The van der Waals surface area contributed by atoms with E-state index in [9.17, 15) is 26.7 Å². The van der Waals surface area contributed by atoms with Crippen molar-refractivity contribution in [3.05, 3.63) is 69.2 Å². The summed E-state index contributed by atoms with van der Waals surface area (Å²) in [6.07, 6.45) is -4.76. The zero-order valence-electron chi connectivity index (χ0n) is 11.9. The minimum atomic E-state index is -4.76. The molecule has 0 saturated heterocycles. The van der Waals surface area contributed by atoms with Crippen molar-refractivity contribution >= 4 is 11.6 Å². The van der Waals surface area contributed by atoms with E-state index in [1.807, 2.05) is 0 Å². The molecule has 0 unspecified atom stereocenters. The van der Waals surface area contributed by atoms with Gasteiger partial charge in [0.25, 0.3) is 5.89 Å². The molecule has 0 atom stereocenters. The molecule has 0 N–H and O–H groups in total. The van der Waals surface area contributed by atoms with Crippen molar-refractivity contribution in [1.29, 1.82) is 0 Å². The van der Waals surface area contributed by atoms with E-state index in [1.165, 1.54) is 0 Å². The number of hydrogen-bond acceptors (Lipinski definition) is 3. The van der Waals surface area contributed by atoms with Gasteiger partial charge in [0.2, 0.25) is 0 Å². The fraction of sp³-hybridized carbons (Fsp3) is 0.0667. The maximum absolute atomic E-state index is 13.8. The van der Waals surface area contributed by atoms with Gasteiger partial charge in [-0.3, -0.25) is 0 Å². The van der Waals surface area contributed by atoms with E-state index in [-0.39, 0.29) is 0 Å². The smallest absolute Gasteiger partial charge is 0.387 e. The molecular weight excluding hydrogens is 371 g/mol. The average molecular weight is 377 g/mol. The molecule has 2 aromatic carbocycles. The number of hydrogen-bond donors (Lipinski definition) is 0. The lowest BCUT2D eigenvalue weighted by molar-refractivity contribution is -0.137. The predicted octanol–water partition coefficient (Wildman–Crippen LogP) is 4.44. The molecule has 0 spiro atoms. The standard InChI is InChI=1S/C15H6ClF5N2O2/c16-12-7(15(19,20)21)3-1-6-10(12)23-14(24)25-13(22-23)11-8(17)4-2-5-9(11)18/h1-6H. The second-order valence-corrected chi connectivity index (χ2v) is 5.20. The second kappa shape index (κ2) is 5.99. The summed E-state index contributed by atoms with van der Waals surface area (Å²) in [7, 11) is 0. The molecule has 1 heterocycles. The molecular formula is C15H6ClF5N2O2. The highest BCUT2D eigenvalue weighted by molar-refractivity contribution is 6.33. The van der Waals surface area contributed by atoms with Gasteiger partial charge in [-0.1, -0.05) is 23.7 Å². The summed E-state index contributed by atoms with van der Waals surface area (Å²) in [6.45, 7) is 0. The summed E-state index contributed by atoms with van der Waals surface area (Å²) in [4.78, 5) is 11.9. The lowest BCUT2D eigenvalue weighted by Crippen LogP contribution is -2.16. The molecule has 0 aliphatic carbocycles. The topological polar surface area (TPSA) is 48.0 Å². The van der Waals surface area contributed by atoms with E-state index in [0.29, 0.717) is 10.7 Å². The normalized spacial score (nSPS) is 11.8. The fourth-order valence-corrected chi connectivity index (χ4v) is 2.45. The third-order valence-electron chi connectivity index (χ3n) is 3.24. The van der Waals surface area contributed by atoms with E-state index in [1.54, 1.807) is 0 Å². The highest BCUT2D eigenvalue weighted by atomic mass is 35.5. The lowest BCUT2D eigenvalue weighted by Gasteiger charge is -2.11. The van der Waals surface area contributed by atoms with Crippen molar-refractivity contribution in [3.8, 4) is 17.1 Å². The van der Waals surface area contributed by atoms with Crippen LogP contribution in [0.5, 0.6) is 0 Å². The van der Waals surface area contributed by atoms with Gasteiger partial charge in [-0.25, -0.2) is 13.6 Å². The van der Waals surface area contributed by atoms with Gasteiger partial charge in [0.1, 0.15) is 17.2 Å². The Labute approximate surface area is 141 Å². The summed E-state index contributed by atoms with van der Waals surface area (Å²) in [5.74, 6) is -4.08. The summed E-state index contributed by atoms with van der Waals surface area (Å²) in [6, 6.07) is 5.72. The third kappa shape index (κ3) is 3.02. The first-order valence-corrected chi connectivity index (χ1v) is 6.98. The van der Waals surface area contributed by atoms with Crippen LogP contribution >= 0.6 is 11.6 Å². The van der Waals surface area contributed by atoms with Gasteiger partial charge in [0.05, 0.1) is 16.3 Å². The van der Waals surface area contributed by atoms with Crippen LogP contribution in [0, 0.1) is 11.6 Å². The molecule has 0 amide bonds. The molecule has 0 radical (unpaired) electrons. The third-order valence-corrected chi connectivity index (χ3v) is 3.63. The van der Waals surface area contributed by atoms with E-state index in [0.717, 1.165) is 30.3 Å². The molecule has 3 rings (SSSR count). The molecule has 1 aromatic heterocycles. The maximum Gasteiger partial charge on any atom is 0.442 e. The first-order valence-electron chi connectivity index (χ1n) is 6.61. The van der Waals surface area contributed by atoms with E-state index < -0.39 is 51.3 Å². The van der Waals surface area contributed by atoms with Crippen molar-refractivity contribution < 1.29 is 26.4 Å². The van der Waals surface area contributed by atoms with Crippen molar-refractivity contribution in [2.24, 2.45) is 0 Å². The molecule has 25 heavy (non-hydrogen) atoms. The number of rotatable bonds is 2. The van der Waals surface area contributed by atoms with Crippen molar-refractivity contribution in [2.45, 2.75) is 6.18 Å². The van der Waals surface area contributed by atoms with Crippen LogP contribution in [0.15, 0.2) is 45.6 Å². The number of benzene rings is 2. The molecule has 0 bridgehead atoms. The van der Waals surface area contributed by atoms with Crippen LogP contribution in [0.2, 0.25) is 5.02 Å². The van der Waals surface area contributed by atoms with Crippen LogP contribution in [0.3, 0.4) is 0 Å². The zero-order valence-corrected chi connectivity index (χ0v) is 12.7. The van der Waals surface area contributed by atoms with Crippen LogP contribution in [-0.4, -0.2) is 9.78 Å². The maximum atomic E-state index is 13.8. The van der Waals surface area contributed by atoms with Gasteiger partial charge < -0.3 is 4.42 Å². The Kier molecular flexibility index (Phi) is 4.11. The SMILES string of the molecule is O=c1oc(-c2c(F)cccc2F)nn1-c1cccc(C(F)(F)F)c1Cl. The molecule has 130 valence electrons. The highest BCUT2D eigenvalue weighted by Gasteiger charge is 2.34. The quantitative estimate of drug-likeness (QED) is 0.621. The first-order chi connectivity index (χ1) is 11.7. The number of aromatic nitrogens is 2. The van der Waals surface area contributed by atoms with E-state index in [4.69, 9.17) is 11.6 Å². The van der Waals surface area contributed by atoms with Crippen LogP contribution < -0.4 is 5.76 Å². The molecule has 0 aliphatic rings.